The van der Waals surface area contributed by atoms with Gasteiger partial charge in [0.15, 0.2) is 0 Å². The van der Waals surface area contributed by atoms with Gasteiger partial charge < -0.3 is 10.8 Å². The Bertz CT molecular complexity index is 338. The van der Waals surface area contributed by atoms with E-state index < -0.39 is 18.4 Å². The number of rotatable bonds is 4. The summed E-state index contributed by atoms with van der Waals surface area (Å²) in [6.45, 7) is 0. The van der Waals surface area contributed by atoms with E-state index in [1.165, 1.54) is 24.3 Å². The van der Waals surface area contributed by atoms with Gasteiger partial charge in [-0.1, -0.05) is 24.3 Å². The number of carbonyl (C=O) groups is 1. The van der Waals surface area contributed by atoms with Crippen LogP contribution < -0.4 is 5.73 Å². The van der Waals surface area contributed by atoms with Crippen LogP contribution >= 0.6 is 0 Å². The molecule has 0 saturated heterocycles. The van der Waals surface area contributed by atoms with Crippen LogP contribution in [-0.4, -0.2) is 11.1 Å². The van der Waals surface area contributed by atoms with E-state index in [0.717, 1.165) is 0 Å². The van der Waals surface area contributed by atoms with Crippen molar-refractivity contribution in [2.45, 2.75) is 18.9 Å². The minimum atomic E-state index is -2.52. The van der Waals surface area contributed by atoms with Crippen molar-refractivity contribution in [2.24, 2.45) is 5.73 Å². The highest BCUT2D eigenvalue weighted by Crippen LogP contribution is 2.21. The molecule has 0 aliphatic carbocycles. The average molecular weight is 215 g/mol. The van der Waals surface area contributed by atoms with Crippen molar-refractivity contribution in [1.29, 1.82) is 0 Å². The molecule has 0 heterocycles. The Morgan fingerprint density at radius 3 is 2.13 bits per heavy atom. The number of hydrogen-bond acceptors (Lipinski definition) is 2. The summed E-state index contributed by atoms with van der Waals surface area (Å²) in [5.74, 6) is -1.01. The van der Waals surface area contributed by atoms with Gasteiger partial charge in [0, 0.05) is 11.6 Å². The highest BCUT2D eigenvalue weighted by Gasteiger charge is 2.12. The number of hydrogen-bond donors (Lipinski definition) is 2. The minimum Gasteiger partial charge on any atom is -0.481 e. The number of halogens is 2. The largest absolute Gasteiger partial charge is 0.481 e. The van der Waals surface area contributed by atoms with Gasteiger partial charge in [0.1, 0.15) is 0 Å². The second-order valence-corrected chi connectivity index (χ2v) is 3.17. The summed E-state index contributed by atoms with van der Waals surface area (Å²) < 4.78 is 24.4. The summed E-state index contributed by atoms with van der Waals surface area (Å²) in [7, 11) is 0. The van der Waals surface area contributed by atoms with Gasteiger partial charge in [0.05, 0.1) is 6.42 Å². The Hall–Kier alpha value is -1.49. The maximum atomic E-state index is 12.2. The van der Waals surface area contributed by atoms with Crippen molar-refractivity contribution in [2.75, 3.05) is 0 Å². The highest BCUT2D eigenvalue weighted by atomic mass is 19.3. The van der Waals surface area contributed by atoms with Gasteiger partial charge in [0.25, 0.3) is 6.43 Å². The summed E-state index contributed by atoms with van der Waals surface area (Å²) in [5, 5.41) is 8.49. The van der Waals surface area contributed by atoms with Crippen LogP contribution in [0.15, 0.2) is 24.3 Å². The zero-order chi connectivity index (χ0) is 11.4. The molecular weight excluding hydrogens is 204 g/mol. The Labute approximate surface area is 85.5 Å². The summed E-state index contributed by atoms with van der Waals surface area (Å²) in [6.07, 6.45) is -2.73. The minimum absolute atomic E-state index is 0.0960. The number of alkyl halides is 2. The number of nitrogens with two attached hydrogens (primary N) is 1. The topological polar surface area (TPSA) is 63.3 Å². The molecule has 1 aromatic rings. The first-order chi connectivity index (χ1) is 7.00. The first kappa shape index (κ1) is 11.6. The zero-order valence-electron chi connectivity index (χ0n) is 7.86. The molecule has 3 N–H and O–H groups in total. The van der Waals surface area contributed by atoms with Gasteiger partial charge >= 0.3 is 5.97 Å². The Balaban J connectivity index is 2.75. The van der Waals surface area contributed by atoms with Crippen molar-refractivity contribution in [3.8, 4) is 0 Å². The molecule has 0 bridgehead atoms. The molecule has 0 fully saturated rings. The predicted molar refractivity (Wildman–Crippen MR) is 50.6 cm³/mol. The van der Waals surface area contributed by atoms with E-state index in [0.29, 0.717) is 5.56 Å². The molecule has 0 saturated carbocycles. The Kier molecular flexibility index (Phi) is 3.74. The van der Waals surface area contributed by atoms with Crippen LogP contribution in [0, 0.1) is 0 Å². The van der Waals surface area contributed by atoms with Crippen LogP contribution in [0.1, 0.15) is 30.0 Å². The lowest BCUT2D eigenvalue weighted by atomic mass is 10.0. The number of carboxylic acids is 1. The molecule has 0 aromatic heterocycles. The summed E-state index contributed by atoms with van der Waals surface area (Å²) in [6, 6.07) is 4.70. The van der Waals surface area contributed by atoms with E-state index in [1.54, 1.807) is 0 Å². The second kappa shape index (κ2) is 4.84. The smallest absolute Gasteiger partial charge is 0.305 e. The van der Waals surface area contributed by atoms with E-state index in [-0.39, 0.29) is 12.0 Å². The second-order valence-electron chi connectivity index (χ2n) is 3.17. The lowest BCUT2D eigenvalue weighted by Gasteiger charge is -2.09. The van der Waals surface area contributed by atoms with E-state index in [9.17, 15) is 13.6 Å². The van der Waals surface area contributed by atoms with Crippen LogP contribution in [0.2, 0.25) is 0 Å². The molecule has 3 nitrogen and oxygen atoms in total. The van der Waals surface area contributed by atoms with E-state index >= 15 is 0 Å². The van der Waals surface area contributed by atoms with Gasteiger partial charge in [-0.15, -0.1) is 0 Å². The molecule has 15 heavy (non-hydrogen) atoms. The normalized spacial score (nSPS) is 12.8. The van der Waals surface area contributed by atoms with Gasteiger partial charge in [0.2, 0.25) is 0 Å². The first-order valence-corrected chi connectivity index (χ1v) is 4.36. The molecular formula is C10H11F2NO2. The van der Waals surface area contributed by atoms with E-state index in [4.69, 9.17) is 10.8 Å². The number of aliphatic carboxylic acids is 1. The van der Waals surface area contributed by atoms with Crippen LogP contribution in [0.5, 0.6) is 0 Å². The fraction of sp³-hybridized carbons (Fsp3) is 0.300. The predicted octanol–water partition coefficient (Wildman–Crippen LogP) is 2.10. The molecule has 82 valence electrons. The zero-order valence-corrected chi connectivity index (χ0v) is 7.86. The third-order valence-corrected chi connectivity index (χ3v) is 2.01. The van der Waals surface area contributed by atoms with Gasteiger partial charge in [-0.2, -0.15) is 0 Å². The van der Waals surface area contributed by atoms with Gasteiger partial charge in [-0.25, -0.2) is 8.78 Å². The third kappa shape index (κ3) is 3.28. The SMILES string of the molecule is N[C@H](CC(=O)O)c1ccc(C(F)F)cc1. The average Bonchev–Trinajstić information content (AvgIpc) is 2.17. The molecule has 0 amide bonds. The highest BCUT2D eigenvalue weighted by molar-refractivity contribution is 5.67. The summed E-state index contributed by atoms with van der Waals surface area (Å²) >= 11 is 0. The van der Waals surface area contributed by atoms with Crippen LogP contribution in [0.3, 0.4) is 0 Å². The van der Waals surface area contributed by atoms with Crippen molar-refractivity contribution in [3.05, 3.63) is 35.4 Å². The summed E-state index contributed by atoms with van der Waals surface area (Å²) in [4.78, 5) is 10.4. The fourth-order valence-electron chi connectivity index (χ4n) is 1.19. The molecule has 1 aromatic carbocycles. The molecule has 0 radical (unpaired) electrons. The number of carboxylic acid groups (broad SMARTS) is 1. The molecule has 5 heteroatoms. The fourth-order valence-corrected chi connectivity index (χ4v) is 1.19. The molecule has 0 aliphatic rings. The Morgan fingerprint density at radius 2 is 1.73 bits per heavy atom. The van der Waals surface area contributed by atoms with Crippen molar-refractivity contribution in [3.63, 3.8) is 0 Å². The van der Waals surface area contributed by atoms with Crippen molar-refractivity contribution >= 4 is 5.97 Å². The standard InChI is InChI=1S/C10H11F2NO2/c11-10(12)7-3-1-6(2-4-7)8(13)5-9(14)15/h1-4,8,10H,5,13H2,(H,14,15)/t8-/m1/s1. The molecule has 1 atom stereocenters. The summed E-state index contributed by atoms with van der Waals surface area (Å²) in [5.41, 5.74) is 6.00. The van der Waals surface area contributed by atoms with E-state index in [2.05, 4.69) is 0 Å². The van der Waals surface area contributed by atoms with E-state index in [1.807, 2.05) is 0 Å². The van der Waals surface area contributed by atoms with Crippen LogP contribution in [0.4, 0.5) is 8.78 Å². The van der Waals surface area contributed by atoms with Crippen molar-refractivity contribution < 1.29 is 18.7 Å². The maximum absolute atomic E-state index is 12.2. The van der Waals surface area contributed by atoms with Crippen LogP contribution in [-0.2, 0) is 4.79 Å². The maximum Gasteiger partial charge on any atom is 0.305 e. The quantitative estimate of drug-likeness (QED) is 0.808. The number of benzene rings is 1. The third-order valence-electron chi connectivity index (χ3n) is 2.01. The van der Waals surface area contributed by atoms with Gasteiger partial charge in [-0.3, -0.25) is 4.79 Å². The Morgan fingerprint density at radius 1 is 1.27 bits per heavy atom. The lowest BCUT2D eigenvalue weighted by molar-refractivity contribution is -0.137. The lowest BCUT2D eigenvalue weighted by Crippen LogP contribution is -2.14. The molecule has 0 unspecified atom stereocenters. The van der Waals surface area contributed by atoms with Crippen LogP contribution in [0.25, 0.3) is 0 Å². The first-order valence-electron chi connectivity index (χ1n) is 4.36. The molecule has 0 spiro atoms. The molecule has 1 rings (SSSR count). The molecule has 0 aliphatic heterocycles. The van der Waals surface area contributed by atoms with Crippen molar-refractivity contribution in [1.82, 2.24) is 0 Å². The van der Waals surface area contributed by atoms with Gasteiger partial charge in [-0.05, 0) is 5.56 Å². The monoisotopic (exact) mass is 215 g/mol.